The molecule has 1 rings (SSSR count). The molecule has 23 heavy (non-hydrogen) atoms. The highest BCUT2D eigenvalue weighted by atomic mass is 16.5. The Morgan fingerprint density at radius 1 is 1.00 bits per heavy atom. The monoisotopic (exact) mass is 321 g/mol. The summed E-state index contributed by atoms with van der Waals surface area (Å²) in [6.45, 7) is 4.97. The molecular weight excluding hydrogens is 294 g/mol. The number of benzene rings is 1. The van der Waals surface area contributed by atoms with E-state index >= 15 is 0 Å². The summed E-state index contributed by atoms with van der Waals surface area (Å²) < 4.78 is 10.4. The third-order valence-corrected chi connectivity index (χ3v) is 3.27. The smallest absolute Gasteiger partial charge is 0.306 e. The van der Waals surface area contributed by atoms with Gasteiger partial charge in [0.2, 0.25) is 5.91 Å². The minimum Gasteiger partial charge on any atom is -0.494 e. The molecule has 0 unspecified atom stereocenters. The van der Waals surface area contributed by atoms with Gasteiger partial charge < -0.3 is 14.8 Å². The van der Waals surface area contributed by atoms with E-state index in [9.17, 15) is 9.59 Å². The molecule has 0 bridgehead atoms. The number of esters is 1. The summed E-state index contributed by atoms with van der Waals surface area (Å²) in [4.78, 5) is 22.9. The van der Waals surface area contributed by atoms with Crippen LogP contribution in [0.3, 0.4) is 0 Å². The summed E-state index contributed by atoms with van der Waals surface area (Å²) in [6, 6.07) is 7.26. The van der Waals surface area contributed by atoms with Crippen LogP contribution < -0.4 is 10.1 Å². The maximum absolute atomic E-state index is 11.7. The molecule has 5 heteroatoms. The van der Waals surface area contributed by atoms with E-state index in [4.69, 9.17) is 9.47 Å². The number of carbonyl (C=O) groups excluding carboxylic acids is 2. The summed E-state index contributed by atoms with van der Waals surface area (Å²) in [5.41, 5.74) is 0.692. The second-order valence-electron chi connectivity index (χ2n) is 5.29. The number of unbranched alkanes of at least 4 members (excludes halogenated alkanes) is 3. The van der Waals surface area contributed by atoms with Gasteiger partial charge in [-0.3, -0.25) is 9.59 Å². The normalized spacial score (nSPS) is 10.2. The number of hydrogen-bond acceptors (Lipinski definition) is 4. The molecule has 5 nitrogen and oxygen atoms in total. The average molecular weight is 321 g/mol. The Hall–Kier alpha value is -2.04. The highest BCUT2D eigenvalue weighted by Gasteiger charge is 2.07. The molecule has 0 aliphatic carbocycles. The molecule has 0 aliphatic heterocycles. The third-order valence-electron chi connectivity index (χ3n) is 3.27. The van der Waals surface area contributed by atoms with E-state index in [1.54, 1.807) is 19.1 Å². The lowest BCUT2D eigenvalue weighted by atomic mass is 10.2. The van der Waals surface area contributed by atoms with E-state index in [0.29, 0.717) is 18.9 Å². The molecule has 128 valence electrons. The van der Waals surface area contributed by atoms with Gasteiger partial charge in [-0.25, -0.2) is 0 Å². The maximum atomic E-state index is 11.7. The molecule has 0 radical (unpaired) electrons. The molecule has 1 N–H and O–H groups in total. The Bertz CT molecular complexity index is 470. The van der Waals surface area contributed by atoms with Crippen molar-refractivity contribution in [3.8, 4) is 5.75 Å². The standard InChI is InChI=1S/C18H27NO4/c1-3-5-6-7-14-23-16-10-8-15(9-11-16)19-17(20)12-13-18(21)22-4-2/h8-11H,3-7,12-14H2,1-2H3,(H,19,20). The van der Waals surface area contributed by atoms with Crippen molar-refractivity contribution < 1.29 is 19.1 Å². The number of carbonyl (C=O) groups is 2. The second-order valence-corrected chi connectivity index (χ2v) is 5.29. The first-order chi connectivity index (χ1) is 11.2. The molecule has 1 aromatic carbocycles. The van der Waals surface area contributed by atoms with Gasteiger partial charge in [-0.15, -0.1) is 0 Å². The minimum atomic E-state index is -0.352. The number of rotatable bonds is 11. The molecule has 0 spiro atoms. The zero-order chi connectivity index (χ0) is 16.9. The lowest BCUT2D eigenvalue weighted by Gasteiger charge is -2.08. The topological polar surface area (TPSA) is 64.6 Å². The second kappa shape index (κ2) is 11.5. The number of anilines is 1. The molecule has 0 atom stereocenters. The third kappa shape index (κ3) is 8.86. The summed E-state index contributed by atoms with van der Waals surface area (Å²) in [7, 11) is 0. The van der Waals surface area contributed by atoms with Crippen LogP contribution in [-0.4, -0.2) is 25.1 Å². The van der Waals surface area contributed by atoms with Crippen LogP contribution >= 0.6 is 0 Å². The molecule has 0 aromatic heterocycles. The van der Waals surface area contributed by atoms with Crippen molar-refractivity contribution in [1.29, 1.82) is 0 Å². The van der Waals surface area contributed by atoms with E-state index < -0.39 is 0 Å². The Balaban J connectivity index is 2.27. The van der Waals surface area contributed by atoms with E-state index in [1.165, 1.54) is 19.3 Å². The van der Waals surface area contributed by atoms with E-state index in [2.05, 4.69) is 12.2 Å². The van der Waals surface area contributed by atoms with Crippen LogP contribution in [-0.2, 0) is 14.3 Å². The summed E-state index contributed by atoms with van der Waals surface area (Å²) in [6.07, 6.45) is 4.91. The average Bonchev–Trinajstić information content (AvgIpc) is 2.55. The molecule has 1 aromatic rings. The van der Waals surface area contributed by atoms with Gasteiger partial charge in [-0.05, 0) is 37.6 Å². The number of hydrogen-bond donors (Lipinski definition) is 1. The van der Waals surface area contributed by atoms with Gasteiger partial charge in [0, 0.05) is 12.1 Å². The highest BCUT2D eigenvalue weighted by molar-refractivity contribution is 5.92. The van der Waals surface area contributed by atoms with Crippen molar-refractivity contribution in [1.82, 2.24) is 0 Å². The molecule has 0 aliphatic rings. The quantitative estimate of drug-likeness (QED) is 0.495. The van der Waals surface area contributed by atoms with E-state index in [1.807, 2.05) is 12.1 Å². The van der Waals surface area contributed by atoms with Crippen LogP contribution in [0, 0.1) is 0 Å². The fraction of sp³-hybridized carbons (Fsp3) is 0.556. The van der Waals surface area contributed by atoms with Gasteiger partial charge in [0.1, 0.15) is 5.75 Å². The fourth-order valence-electron chi connectivity index (χ4n) is 2.03. The molecule has 0 saturated carbocycles. The Morgan fingerprint density at radius 3 is 2.39 bits per heavy atom. The molecule has 0 fully saturated rings. The molecule has 0 heterocycles. The van der Waals surface area contributed by atoms with Crippen LogP contribution in [0.25, 0.3) is 0 Å². The molecule has 1 amide bonds. The Labute approximate surface area is 138 Å². The van der Waals surface area contributed by atoms with E-state index in [0.717, 1.165) is 12.2 Å². The van der Waals surface area contributed by atoms with Gasteiger partial charge in [0.15, 0.2) is 0 Å². The van der Waals surface area contributed by atoms with Gasteiger partial charge in [-0.1, -0.05) is 26.2 Å². The molecule has 0 saturated heterocycles. The zero-order valence-corrected chi connectivity index (χ0v) is 14.1. The summed E-state index contributed by atoms with van der Waals surface area (Å²) >= 11 is 0. The number of ether oxygens (including phenoxy) is 2. The predicted molar refractivity (Wildman–Crippen MR) is 90.6 cm³/mol. The van der Waals surface area contributed by atoms with Crippen molar-refractivity contribution >= 4 is 17.6 Å². The van der Waals surface area contributed by atoms with Crippen molar-refractivity contribution in [2.24, 2.45) is 0 Å². The van der Waals surface area contributed by atoms with Gasteiger partial charge in [0.05, 0.1) is 19.6 Å². The van der Waals surface area contributed by atoms with Crippen LogP contribution in [0.2, 0.25) is 0 Å². The fourth-order valence-corrected chi connectivity index (χ4v) is 2.03. The SMILES string of the molecule is CCCCCCOc1ccc(NC(=O)CCC(=O)OCC)cc1. The first kappa shape index (κ1) is 19.0. The summed E-state index contributed by atoms with van der Waals surface area (Å²) in [5, 5.41) is 2.75. The maximum Gasteiger partial charge on any atom is 0.306 e. The largest absolute Gasteiger partial charge is 0.494 e. The van der Waals surface area contributed by atoms with Crippen LogP contribution in [0.15, 0.2) is 24.3 Å². The molecular formula is C18H27NO4. The van der Waals surface area contributed by atoms with Crippen molar-refractivity contribution in [2.45, 2.75) is 52.4 Å². The first-order valence-electron chi connectivity index (χ1n) is 8.34. The van der Waals surface area contributed by atoms with Crippen LogP contribution in [0.1, 0.15) is 52.4 Å². The van der Waals surface area contributed by atoms with Crippen molar-refractivity contribution in [2.75, 3.05) is 18.5 Å². The van der Waals surface area contributed by atoms with Gasteiger partial charge in [-0.2, -0.15) is 0 Å². The van der Waals surface area contributed by atoms with Crippen LogP contribution in [0.5, 0.6) is 5.75 Å². The van der Waals surface area contributed by atoms with Gasteiger partial charge >= 0.3 is 5.97 Å². The van der Waals surface area contributed by atoms with Gasteiger partial charge in [0.25, 0.3) is 0 Å². The number of nitrogens with one attached hydrogen (secondary N) is 1. The predicted octanol–water partition coefficient (Wildman–Crippen LogP) is 3.93. The number of amides is 1. The van der Waals surface area contributed by atoms with Crippen LogP contribution in [0.4, 0.5) is 5.69 Å². The van der Waals surface area contributed by atoms with Crippen molar-refractivity contribution in [3.05, 3.63) is 24.3 Å². The minimum absolute atomic E-state index is 0.0959. The van der Waals surface area contributed by atoms with E-state index in [-0.39, 0.29) is 24.7 Å². The summed E-state index contributed by atoms with van der Waals surface area (Å²) in [5.74, 6) is 0.242. The zero-order valence-electron chi connectivity index (χ0n) is 14.1. The Kier molecular flexibility index (Phi) is 9.52. The lowest BCUT2D eigenvalue weighted by Crippen LogP contribution is -2.14. The highest BCUT2D eigenvalue weighted by Crippen LogP contribution is 2.16. The lowest BCUT2D eigenvalue weighted by molar-refractivity contribution is -0.144. The Morgan fingerprint density at radius 2 is 1.74 bits per heavy atom. The first-order valence-corrected chi connectivity index (χ1v) is 8.34. The van der Waals surface area contributed by atoms with Crippen molar-refractivity contribution in [3.63, 3.8) is 0 Å².